The Labute approximate surface area is 93.9 Å². The Morgan fingerprint density at radius 1 is 1.40 bits per heavy atom. The van der Waals surface area contributed by atoms with Gasteiger partial charge in [-0.25, -0.2) is 5.43 Å². The lowest BCUT2D eigenvalue weighted by molar-refractivity contribution is 0.584. The Kier molecular flexibility index (Phi) is 3.82. The Morgan fingerprint density at radius 2 is 2.33 bits per heavy atom. The summed E-state index contributed by atoms with van der Waals surface area (Å²) in [4.78, 5) is 0. The van der Waals surface area contributed by atoms with Crippen LogP contribution >= 0.6 is 11.7 Å². The van der Waals surface area contributed by atoms with Gasteiger partial charge < -0.3 is 0 Å². The number of aromatic nitrogens is 2. The predicted octanol–water partition coefficient (Wildman–Crippen LogP) is 1.93. The molecule has 15 heavy (non-hydrogen) atoms. The topological polar surface area (TPSA) is 63.8 Å². The molecular formula is C10H16N4S. The molecule has 1 unspecified atom stereocenters. The second-order valence-corrected chi connectivity index (χ2v) is 4.37. The number of nitrogens with two attached hydrogens (primary N) is 1. The van der Waals surface area contributed by atoms with Crippen molar-refractivity contribution in [3.8, 4) is 0 Å². The van der Waals surface area contributed by atoms with Crippen LogP contribution in [0.3, 0.4) is 0 Å². The average molecular weight is 224 g/mol. The van der Waals surface area contributed by atoms with E-state index in [1.165, 1.54) is 36.6 Å². The largest absolute Gasteiger partial charge is 0.271 e. The molecule has 0 spiro atoms. The Hall–Kier alpha value is -0.780. The van der Waals surface area contributed by atoms with Gasteiger partial charge in [-0.1, -0.05) is 12.5 Å². The van der Waals surface area contributed by atoms with Gasteiger partial charge in [-0.15, -0.1) is 0 Å². The van der Waals surface area contributed by atoms with E-state index in [-0.39, 0.29) is 6.04 Å². The minimum atomic E-state index is 0.0573. The predicted molar refractivity (Wildman–Crippen MR) is 61.1 cm³/mol. The molecule has 0 aliphatic heterocycles. The normalized spacial score (nSPS) is 19.4. The number of nitrogens with zero attached hydrogens (tertiary/aromatic N) is 2. The summed E-state index contributed by atoms with van der Waals surface area (Å²) in [5.41, 5.74) is 5.14. The van der Waals surface area contributed by atoms with Crippen molar-refractivity contribution in [1.82, 2.24) is 14.2 Å². The number of allylic oxidation sites excluding steroid dienone is 1. The number of rotatable bonds is 3. The highest BCUT2D eigenvalue weighted by Crippen LogP contribution is 2.27. The van der Waals surface area contributed by atoms with Crippen LogP contribution in [0.25, 0.3) is 0 Å². The molecular weight excluding hydrogens is 208 g/mol. The highest BCUT2D eigenvalue weighted by Gasteiger charge is 2.18. The lowest BCUT2D eigenvalue weighted by atomic mass is 10.0. The molecule has 4 nitrogen and oxygen atoms in total. The highest BCUT2D eigenvalue weighted by molar-refractivity contribution is 6.99. The summed E-state index contributed by atoms with van der Waals surface area (Å²) in [6.45, 7) is 0. The fraction of sp³-hybridized carbons (Fsp3) is 0.600. The molecule has 0 saturated carbocycles. The molecule has 0 amide bonds. The molecule has 5 heteroatoms. The van der Waals surface area contributed by atoms with Gasteiger partial charge in [0.1, 0.15) is 0 Å². The van der Waals surface area contributed by atoms with Gasteiger partial charge in [0.25, 0.3) is 0 Å². The van der Waals surface area contributed by atoms with Crippen molar-refractivity contribution < 1.29 is 0 Å². The Bertz CT molecular complexity index is 320. The molecule has 0 saturated heterocycles. The third-order valence-corrected chi connectivity index (χ3v) is 3.28. The summed E-state index contributed by atoms with van der Waals surface area (Å²) < 4.78 is 8.26. The van der Waals surface area contributed by atoms with Gasteiger partial charge in [-0.2, -0.15) is 8.75 Å². The third kappa shape index (κ3) is 2.62. The van der Waals surface area contributed by atoms with E-state index in [2.05, 4.69) is 20.2 Å². The van der Waals surface area contributed by atoms with Crippen LogP contribution in [0.2, 0.25) is 0 Å². The molecule has 1 aliphatic rings. The lowest BCUT2D eigenvalue weighted by Crippen LogP contribution is -2.29. The first-order chi connectivity index (χ1) is 7.42. The fourth-order valence-electron chi connectivity index (χ4n) is 1.98. The fourth-order valence-corrected chi connectivity index (χ4v) is 2.43. The maximum absolute atomic E-state index is 5.59. The van der Waals surface area contributed by atoms with E-state index in [0.717, 1.165) is 18.5 Å². The van der Waals surface area contributed by atoms with Crippen molar-refractivity contribution in [1.29, 1.82) is 0 Å². The van der Waals surface area contributed by atoms with Crippen LogP contribution in [0, 0.1) is 0 Å². The maximum Gasteiger partial charge on any atom is 0.0967 e. The van der Waals surface area contributed by atoms with Gasteiger partial charge in [-0.3, -0.25) is 5.84 Å². The third-order valence-electron chi connectivity index (χ3n) is 2.79. The molecule has 1 heterocycles. The van der Waals surface area contributed by atoms with Crippen LogP contribution in [0.5, 0.6) is 0 Å². The molecule has 0 aromatic carbocycles. The highest BCUT2D eigenvalue weighted by atomic mass is 32.1. The van der Waals surface area contributed by atoms with Gasteiger partial charge in [-0.05, 0) is 31.3 Å². The molecule has 1 aromatic heterocycles. The van der Waals surface area contributed by atoms with E-state index in [9.17, 15) is 0 Å². The summed E-state index contributed by atoms with van der Waals surface area (Å²) in [6.07, 6.45) is 10.2. The molecule has 1 aromatic rings. The van der Waals surface area contributed by atoms with Crippen LogP contribution in [0.4, 0.5) is 0 Å². The molecule has 2 rings (SSSR count). The smallest absolute Gasteiger partial charge is 0.0967 e. The first-order valence-corrected chi connectivity index (χ1v) is 6.07. The first kappa shape index (κ1) is 10.7. The van der Waals surface area contributed by atoms with Gasteiger partial charge in [0.15, 0.2) is 0 Å². The van der Waals surface area contributed by atoms with E-state index >= 15 is 0 Å². The molecule has 82 valence electrons. The number of hydrogen-bond donors (Lipinski definition) is 2. The summed E-state index contributed by atoms with van der Waals surface area (Å²) in [6, 6.07) is 0.0573. The van der Waals surface area contributed by atoms with Crippen molar-refractivity contribution in [3.63, 3.8) is 0 Å². The molecule has 0 radical (unpaired) electrons. The minimum absolute atomic E-state index is 0.0573. The summed E-state index contributed by atoms with van der Waals surface area (Å²) >= 11 is 1.23. The monoisotopic (exact) mass is 224 g/mol. The average Bonchev–Trinajstić information content (AvgIpc) is 2.63. The van der Waals surface area contributed by atoms with Crippen LogP contribution in [0.15, 0.2) is 17.8 Å². The van der Waals surface area contributed by atoms with E-state index in [4.69, 9.17) is 5.84 Å². The lowest BCUT2D eigenvalue weighted by Gasteiger charge is -2.16. The molecule has 0 fully saturated rings. The van der Waals surface area contributed by atoms with Crippen molar-refractivity contribution in [3.05, 3.63) is 23.5 Å². The molecule has 1 aliphatic carbocycles. The Balaban J connectivity index is 2.15. The summed E-state index contributed by atoms with van der Waals surface area (Å²) in [5, 5.41) is 0. The van der Waals surface area contributed by atoms with Gasteiger partial charge in [0, 0.05) is 0 Å². The summed E-state index contributed by atoms with van der Waals surface area (Å²) in [7, 11) is 0. The number of hydrazine groups is 1. The second kappa shape index (κ2) is 5.34. The maximum atomic E-state index is 5.59. The van der Waals surface area contributed by atoms with Gasteiger partial charge >= 0.3 is 0 Å². The van der Waals surface area contributed by atoms with Crippen molar-refractivity contribution >= 4 is 11.7 Å². The summed E-state index contributed by atoms with van der Waals surface area (Å²) in [5.74, 6) is 5.59. The quantitative estimate of drug-likeness (QED) is 0.468. The van der Waals surface area contributed by atoms with E-state index in [0.29, 0.717) is 0 Å². The van der Waals surface area contributed by atoms with Crippen LogP contribution in [0.1, 0.15) is 43.8 Å². The SMILES string of the molecule is NNC(C1=CCCCCC1)c1cnsn1. The number of hydrogen-bond acceptors (Lipinski definition) is 5. The van der Waals surface area contributed by atoms with Crippen LogP contribution < -0.4 is 11.3 Å². The molecule has 3 N–H and O–H groups in total. The zero-order valence-electron chi connectivity index (χ0n) is 8.65. The Morgan fingerprint density at radius 3 is 3.07 bits per heavy atom. The zero-order valence-corrected chi connectivity index (χ0v) is 9.46. The van der Waals surface area contributed by atoms with E-state index < -0.39 is 0 Å². The first-order valence-electron chi connectivity index (χ1n) is 5.34. The standard InChI is InChI=1S/C10H16N4S/c11-13-10(9-7-12-15-14-9)8-5-3-1-2-4-6-8/h5,7,10,13H,1-4,6,11H2. The van der Waals surface area contributed by atoms with Crippen molar-refractivity contribution in [2.45, 2.75) is 38.1 Å². The van der Waals surface area contributed by atoms with Crippen LogP contribution in [-0.4, -0.2) is 8.75 Å². The zero-order chi connectivity index (χ0) is 10.5. The second-order valence-electron chi connectivity index (χ2n) is 3.81. The van der Waals surface area contributed by atoms with E-state index in [1.54, 1.807) is 6.20 Å². The van der Waals surface area contributed by atoms with Crippen LogP contribution in [-0.2, 0) is 0 Å². The van der Waals surface area contributed by atoms with Gasteiger partial charge in [0.2, 0.25) is 0 Å². The molecule has 0 bridgehead atoms. The van der Waals surface area contributed by atoms with Crippen molar-refractivity contribution in [2.24, 2.45) is 5.84 Å². The van der Waals surface area contributed by atoms with E-state index in [1.807, 2.05) is 0 Å². The molecule has 1 atom stereocenters. The van der Waals surface area contributed by atoms with Gasteiger partial charge in [0.05, 0.1) is 29.7 Å². The minimum Gasteiger partial charge on any atom is -0.271 e. The number of nitrogens with one attached hydrogen (secondary N) is 1. The van der Waals surface area contributed by atoms with Crippen molar-refractivity contribution in [2.75, 3.05) is 0 Å².